The van der Waals surface area contributed by atoms with E-state index in [9.17, 15) is 0 Å². The summed E-state index contributed by atoms with van der Waals surface area (Å²) in [5.41, 5.74) is 1.79. The van der Waals surface area contributed by atoms with Crippen LogP contribution in [0.2, 0.25) is 0 Å². The Morgan fingerprint density at radius 1 is 1.08 bits per heavy atom. The van der Waals surface area contributed by atoms with Gasteiger partial charge in [0, 0.05) is 38.8 Å². The molecule has 24 heavy (non-hydrogen) atoms. The minimum Gasteiger partial charge on any atom is -0.377 e. The van der Waals surface area contributed by atoms with E-state index < -0.39 is 0 Å². The molecular weight excluding hydrogens is 296 g/mol. The van der Waals surface area contributed by atoms with Crippen LogP contribution < -0.4 is 0 Å². The number of benzene rings is 1. The van der Waals surface area contributed by atoms with Crippen LogP contribution in [-0.2, 0) is 11.3 Å². The molecule has 2 aliphatic carbocycles. The van der Waals surface area contributed by atoms with Crippen molar-refractivity contribution in [3.63, 3.8) is 0 Å². The van der Waals surface area contributed by atoms with E-state index in [-0.39, 0.29) is 0 Å². The van der Waals surface area contributed by atoms with Crippen LogP contribution >= 0.6 is 0 Å². The smallest absolute Gasteiger partial charge is 0.0716 e. The van der Waals surface area contributed by atoms with Crippen molar-refractivity contribution in [1.29, 1.82) is 0 Å². The molecule has 0 N–H and O–H groups in total. The summed E-state index contributed by atoms with van der Waals surface area (Å²) in [5, 5.41) is 0. The van der Waals surface area contributed by atoms with E-state index in [1.807, 2.05) is 0 Å². The highest BCUT2D eigenvalue weighted by Gasteiger charge is 2.73. The summed E-state index contributed by atoms with van der Waals surface area (Å²) < 4.78 is 5.96. The Kier molecular flexibility index (Phi) is 4.44. The molecule has 4 rings (SSSR count). The molecule has 3 heteroatoms. The van der Waals surface area contributed by atoms with E-state index >= 15 is 0 Å². The molecule has 0 bridgehead atoms. The molecular formula is C21H32N2O. The molecule has 3 fully saturated rings. The van der Waals surface area contributed by atoms with Crippen LogP contribution in [-0.4, -0.2) is 55.7 Å². The Morgan fingerprint density at radius 3 is 2.50 bits per heavy atom. The van der Waals surface area contributed by atoms with Crippen molar-refractivity contribution < 1.29 is 4.74 Å². The molecule has 0 spiro atoms. The van der Waals surface area contributed by atoms with Gasteiger partial charge in [-0.15, -0.1) is 0 Å². The predicted molar refractivity (Wildman–Crippen MR) is 97.8 cm³/mol. The van der Waals surface area contributed by atoms with Gasteiger partial charge in [-0.2, -0.15) is 0 Å². The summed E-state index contributed by atoms with van der Waals surface area (Å²) in [6.45, 7) is 11.6. The van der Waals surface area contributed by atoms with Crippen molar-refractivity contribution >= 4 is 0 Å². The fourth-order valence-electron chi connectivity index (χ4n) is 5.50. The number of rotatable bonds is 6. The average molecular weight is 328 g/mol. The van der Waals surface area contributed by atoms with E-state index in [2.05, 4.69) is 61.0 Å². The molecule has 0 amide bonds. The lowest BCUT2D eigenvalue weighted by Crippen LogP contribution is -2.46. The minimum atomic E-state index is 0.509. The molecule has 1 aliphatic heterocycles. The third-order valence-corrected chi connectivity index (χ3v) is 6.96. The van der Waals surface area contributed by atoms with E-state index in [0.29, 0.717) is 5.41 Å². The van der Waals surface area contributed by atoms with Gasteiger partial charge in [0.15, 0.2) is 0 Å². The SMILES string of the molecule is CN1CCN(C2C3[C@@H]2C(C)(C)[C@H]3CCOCc2ccccc2)CC1. The van der Waals surface area contributed by atoms with Gasteiger partial charge in [0.2, 0.25) is 0 Å². The molecule has 1 heterocycles. The second kappa shape index (κ2) is 6.44. The van der Waals surface area contributed by atoms with Crippen LogP contribution in [0.1, 0.15) is 25.8 Å². The van der Waals surface area contributed by atoms with Crippen molar-refractivity contribution in [1.82, 2.24) is 9.80 Å². The van der Waals surface area contributed by atoms with Crippen molar-refractivity contribution in [3.05, 3.63) is 35.9 Å². The minimum absolute atomic E-state index is 0.509. The fraction of sp³-hybridized carbons (Fsp3) is 0.714. The first-order chi connectivity index (χ1) is 11.6. The Morgan fingerprint density at radius 2 is 1.79 bits per heavy atom. The van der Waals surface area contributed by atoms with Crippen LogP contribution in [0, 0.1) is 23.2 Å². The van der Waals surface area contributed by atoms with Gasteiger partial charge in [-0.05, 0) is 42.2 Å². The Bertz CT molecular complexity index is 550. The van der Waals surface area contributed by atoms with E-state index in [4.69, 9.17) is 4.74 Å². The molecule has 3 aliphatic rings. The molecule has 4 atom stereocenters. The summed E-state index contributed by atoms with van der Waals surface area (Å²) in [4.78, 5) is 5.24. The third kappa shape index (κ3) is 2.91. The summed E-state index contributed by atoms with van der Waals surface area (Å²) in [7, 11) is 2.25. The van der Waals surface area contributed by atoms with Gasteiger partial charge in [-0.3, -0.25) is 4.90 Å². The maximum atomic E-state index is 5.96. The second-order valence-corrected chi connectivity index (χ2v) is 8.69. The molecule has 132 valence electrons. The van der Waals surface area contributed by atoms with Gasteiger partial charge in [0.05, 0.1) is 6.61 Å². The van der Waals surface area contributed by atoms with Gasteiger partial charge in [-0.25, -0.2) is 0 Å². The van der Waals surface area contributed by atoms with Crippen LogP contribution in [0.25, 0.3) is 0 Å². The van der Waals surface area contributed by atoms with Crippen LogP contribution in [0.4, 0.5) is 0 Å². The first-order valence-electron chi connectivity index (χ1n) is 9.63. The number of likely N-dealkylation sites (N-methyl/N-ethyl adjacent to an activating group) is 1. The largest absolute Gasteiger partial charge is 0.377 e. The summed E-state index contributed by atoms with van der Waals surface area (Å²) in [6, 6.07) is 11.4. The zero-order chi connectivity index (χ0) is 16.7. The van der Waals surface area contributed by atoms with Crippen molar-refractivity contribution in [2.24, 2.45) is 23.2 Å². The van der Waals surface area contributed by atoms with Crippen LogP contribution in [0.5, 0.6) is 0 Å². The lowest BCUT2D eigenvalue weighted by molar-refractivity contribution is 0.0116. The molecule has 1 aromatic rings. The summed E-state index contributed by atoms with van der Waals surface area (Å²) in [6.07, 6.45) is 1.23. The maximum absolute atomic E-state index is 5.96. The summed E-state index contributed by atoms with van der Waals surface area (Å²) in [5.74, 6) is 2.74. The van der Waals surface area contributed by atoms with E-state index in [1.165, 1.54) is 38.2 Å². The molecule has 1 saturated heterocycles. The molecule has 2 saturated carbocycles. The Hall–Kier alpha value is -0.900. The highest BCUT2D eigenvalue weighted by atomic mass is 16.5. The van der Waals surface area contributed by atoms with E-state index in [0.717, 1.165) is 37.0 Å². The second-order valence-electron chi connectivity index (χ2n) is 8.69. The number of nitrogens with zero attached hydrogens (tertiary/aromatic N) is 2. The van der Waals surface area contributed by atoms with Gasteiger partial charge < -0.3 is 9.64 Å². The highest BCUT2D eigenvalue weighted by Crippen LogP contribution is 2.73. The molecule has 2 unspecified atom stereocenters. The van der Waals surface area contributed by atoms with Gasteiger partial charge in [0.25, 0.3) is 0 Å². The Balaban J connectivity index is 1.25. The third-order valence-electron chi connectivity index (χ3n) is 6.96. The normalized spacial score (nSPS) is 35.3. The molecule has 0 aromatic heterocycles. The van der Waals surface area contributed by atoms with Crippen molar-refractivity contribution in [2.75, 3.05) is 39.8 Å². The topological polar surface area (TPSA) is 15.7 Å². The van der Waals surface area contributed by atoms with Gasteiger partial charge in [-0.1, -0.05) is 44.2 Å². The molecule has 3 nitrogen and oxygen atoms in total. The number of fused-ring (bicyclic) bond motifs is 1. The lowest BCUT2D eigenvalue weighted by Gasteiger charge is -2.43. The first kappa shape index (κ1) is 16.6. The Labute approximate surface area is 147 Å². The monoisotopic (exact) mass is 328 g/mol. The molecule has 0 radical (unpaired) electrons. The average Bonchev–Trinajstić information content (AvgIpc) is 3.29. The summed E-state index contributed by atoms with van der Waals surface area (Å²) >= 11 is 0. The highest BCUT2D eigenvalue weighted by molar-refractivity contribution is 5.24. The van der Waals surface area contributed by atoms with Gasteiger partial charge >= 0.3 is 0 Å². The first-order valence-corrected chi connectivity index (χ1v) is 9.63. The van der Waals surface area contributed by atoms with Crippen LogP contribution in [0.15, 0.2) is 30.3 Å². The maximum Gasteiger partial charge on any atom is 0.0716 e. The number of hydrogen-bond acceptors (Lipinski definition) is 3. The fourth-order valence-corrected chi connectivity index (χ4v) is 5.50. The van der Waals surface area contributed by atoms with Crippen LogP contribution in [0.3, 0.4) is 0 Å². The standard InChI is InChI=1S/C21H32N2O/c1-21(2)17(9-14-24-15-16-7-5-4-6-8-16)18-19(21)20(18)23-12-10-22(3)11-13-23/h4-8,17-20H,9-15H2,1-3H3/t17-,18?,19-,20?/m0/s1. The van der Waals surface area contributed by atoms with Crippen molar-refractivity contribution in [2.45, 2.75) is 32.9 Å². The van der Waals surface area contributed by atoms with E-state index in [1.54, 1.807) is 0 Å². The quantitative estimate of drug-likeness (QED) is 0.746. The molecule has 1 aromatic carbocycles. The number of piperazine rings is 1. The van der Waals surface area contributed by atoms with Gasteiger partial charge in [0.1, 0.15) is 0 Å². The van der Waals surface area contributed by atoms with Crippen molar-refractivity contribution in [3.8, 4) is 0 Å². The zero-order valence-electron chi connectivity index (χ0n) is 15.4. The number of ether oxygens (including phenoxy) is 1. The zero-order valence-corrected chi connectivity index (χ0v) is 15.4. The lowest BCUT2D eigenvalue weighted by atomic mass is 9.61. The predicted octanol–water partition coefficient (Wildman–Crippen LogP) is 3.11. The number of hydrogen-bond donors (Lipinski definition) is 0.